The summed E-state index contributed by atoms with van der Waals surface area (Å²) in [6, 6.07) is 0. The maximum atomic E-state index is 11.8. The van der Waals surface area contributed by atoms with Gasteiger partial charge in [0, 0.05) is 6.42 Å². The van der Waals surface area contributed by atoms with Crippen LogP contribution in [0.15, 0.2) is 24.8 Å². The normalized spacial score (nSPS) is 11.0. The van der Waals surface area contributed by atoms with Crippen LogP contribution in [0.4, 0.5) is 0 Å². The largest absolute Gasteiger partial charge is 0.468 e. The molecule has 5 heteroatoms. The van der Waals surface area contributed by atoms with Gasteiger partial charge >= 0.3 is 11.9 Å². The lowest BCUT2D eigenvalue weighted by atomic mass is 9.80. The van der Waals surface area contributed by atoms with Gasteiger partial charge in [0.25, 0.3) is 0 Å². The first kappa shape index (κ1) is 16.1. The van der Waals surface area contributed by atoms with Crippen LogP contribution in [-0.4, -0.2) is 32.4 Å². The minimum atomic E-state index is -1.47. The molecule has 0 aromatic carbocycles. The van der Waals surface area contributed by atoms with Crippen molar-refractivity contribution in [3.8, 4) is 0 Å². The Morgan fingerprint density at radius 3 is 2.17 bits per heavy atom. The van der Waals surface area contributed by atoms with E-state index in [4.69, 9.17) is 0 Å². The van der Waals surface area contributed by atoms with Crippen molar-refractivity contribution in [2.75, 3.05) is 14.2 Å². The Hall–Kier alpha value is -1.91. The molecule has 5 nitrogen and oxygen atoms in total. The van der Waals surface area contributed by atoms with Gasteiger partial charge in [-0.25, -0.2) is 0 Å². The molecule has 0 N–H and O–H groups in total. The molecule has 100 valence electrons. The van der Waals surface area contributed by atoms with Crippen molar-refractivity contribution in [2.45, 2.75) is 19.3 Å². The number of ether oxygens (including phenoxy) is 2. The minimum Gasteiger partial charge on any atom is -0.468 e. The highest BCUT2D eigenvalue weighted by molar-refractivity contribution is 6.00. The average molecular weight is 254 g/mol. The first-order chi connectivity index (χ1) is 8.58. The van der Waals surface area contributed by atoms with Crippen molar-refractivity contribution >= 4 is 18.2 Å². The van der Waals surface area contributed by atoms with Crippen LogP contribution >= 0.6 is 0 Å². The van der Waals surface area contributed by atoms with E-state index in [1.807, 2.05) is 0 Å². The van der Waals surface area contributed by atoms with E-state index in [1.165, 1.54) is 20.3 Å². The molecule has 0 unspecified atom stereocenters. The number of aldehydes is 1. The number of methoxy groups -OCH3 is 2. The minimum absolute atomic E-state index is 0.0529. The molecule has 18 heavy (non-hydrogen) atoms. The molecule has 0 saturated heterocycles. The fourth-order valence-corrected chi connectivity index (χ4v) is 1.62. The molecule has 0 aliphatic carbocycles. The summed E-state index contributed by atoms with van der Waals surface area (Å²) < 4.78 is 9.30. The lowest BCUT2D eigenvalue weighted by molar-refractivity contribution is -0.169. The molecule has 0 aliphatic rings. The van der Waals surface area contributed by atoms with Gasteiger partial charge in [-0.05, 0) is 12.8 Å². The third-order valence-electron chi connectivity index (χ3n) is 2.58. The van der Waals surface area contributed by atoms with Crippen LogP contribution in [0.3, 0.4) is 0 Å². The van der Waals surface area contributed by atoms with E-state index in [-0.39, 0.29) is 19.3 Å². The van der Waals surface area contributed by atoms with Crippen LogP contribution in [0.25, 0.3) is 0 Å². The molecule has 0 aromatic heterocycles. The summed E-state index contributed by atoms with van der Waals surface area (Å²) in [6.45, 7) is 3.50. The quantitative estimate of drug-likeness (QED) is 0.283. The predicted molar refractivity (Wildman–Crippen MR) is 65.7 cm³/mol. The molecule has 0 atom stereocenters. The van der Waals surface area contributed by atoms with Gasteiger partial charge in [0.15, 0.2) is 5.41 Å². The van der Waals surface area contributed by atoms with Gasteiger partial charge in [-0.1, -0.05) is 24.8 Å². The summed E-state index contributed by atoms with van der Waals surface area (Å²) in [5.74, 6) is -1.41. The number of hydrogen-bond acceptors (Lipinski definition) is 5. The summed E-state index contributed by atoms with van der Waals surface area (Å²) in [5, 5.41) is 0. The zero-order valence-corrected chi connectivity index (χ0v) is 10.7. The second-order valence-corrected chi connectivity index (χ2v) is 3.64. The summed E-state index contributed by atoms with van der Waals surface area (Å²) in [6.07, 6.45) is 5.64. The monoisotopic (exact) mass is 254 g/mol. The van der Waals surface area contributed by atoms with Gasteiger partial charge in [-0.2, -0.15) is 0 Å². The highest BCUT2D eigenvalue weighted by Gasteiger charge is 2.46. The van der Waals surface area contributed by atoms with Crippen LogP contribution in [0, 0.1) is 5.41 Å². The summed E-state index contributed by atoms with van der Waals surface area (Å²) in [7, 11) is 2.39. The number of carbonyl (C=O) groups excluding carboxylic acids is 3. The maximum Gasteiger partial charge on any atom is 0.323 e. The third kappa shape index (κ3) is 3.84. The zero-order chi connectivity index (χ0) is 14.0. The van der Waals surface area contributed by atoms with E-state index in [0.29, 0.717) is 6.29 Å². The Morgan fingerprint density at radius 1 is 1.22 bits per heavy atom. The van der Waals surface area contributed by atoms with Gasteiger partial charge in [0.1, 0.15) is 6.29 Å². The van der Waals surface area contributed by atoms with Gasteiger partial charge in [0.05, 0.1) is 14.2 Å². The van der Waals surface area contributed by atoms with Crippen LogP contribution in [0.2, 0.25) is 0 Å². The Morgan fingerprint density at radius 2 is 1.78 bits per heavy atom. The predicted octanol–water partition coefficient (Wildman–Crippen LogP) is 1.43. The van der Waals surface area contributed by atoms with Crippen LogP contribution in [0.5, 0.6) is 0 Å². The molecule has 0 bridgehead atoms. The molecule has 0 fully saturated rings. The van der Waals surface area contributed by atoms with Crippen LogP contribution < -0.4 is 0 Å². The molecule has 0 radical (unpaired) electrons. The number of esters is 2. The van der Waals surface area contributed by atoms with E-state index in [0.717, 1.165) is 0 Å². The van der Waals surface area contributed by atoms with E-state index < -0.39 is 17.4 Å². The van der Waals surface area contributed by atoms with Crippen molar-refractivity contribution in [1.82, 2.24) is 0 Å². The Balaban J connectivity index is 5.29. The zero-order valence-electron chi connectivity index (χ0n) is 10.7. The number of rotatable bonds is 8. The van der Waals surface area contributed by atoms with E-state index in [9.17, 15) is 14.4 Å². The van der Waals surface area contributed by atoms with Crippen molar-refractivity contribution < 1.29 is 23.9 Å². The third-order valence-corrected chi connectivity index (χ3v) is 2.58. The summed E-state index contributed by atoms with van der Waals surface area (Å²) in [4.78, 5) is 34.1. The summed E-state index contributed by atoms with van der Waals surface area (Å²) in [5.41, 5.74) is -1.47. The number of hydrogen-bond donors (Lipinski definition) is 0. The van der Waals surface area contributed by atoms with E-state index >= 15 is 0 Å². The van der Waals surface area contributed by atoms with Crippen LogP contribution in [0.1, 0.15) is 19.3 Å². The maximum absolute atomic E-state index is 11.8. The van der Waals surface area contributed by atoms with Gasteiger partial charge in [-0.3, -0.25) is 9.59 Å². The number of allylic oxidation sites excluding steroid dienone is 3. The molecule has 0 amide bonds. The second kappa shape index (κ2) is 8.22. The number of carbonyl (C=O) groups is 3. The van der Waals surface area contributed by atoms with Gasteiger partial charge in [0.2, 0.25) is 0 Å². The SMILES string of the molecule is C=C/C=C/CC(CCC=O)(C(=O)OC)C(=O)OC. The Kier molecular flexibility index (Phi) is 7.35. The molecule has 0 heterocycles. The Bertz CT molecular complexity index is 327. The lowest BCUT2D eigenvalue weighted by Crippen LogP contribution is -2.41. The fraction of sp³-hybridized carbons (Fsp3) is 0.462. The lowest BCUT2D eigenvalue weighted by Gasteiger charge is -2.26. The molecule has 0 aromatic rings. The fourth-order valence-electron chi connectivity index (χ4n) is 1.62. The molecular weight excluding hydrogens is 236 g/mol. The highest BCUT2D eigenvalue weighted by atomic mass is 16.5. The van der Waals surface area contributed by atoms with Crippen LogP contribution in [-0.2, 0) is 23.9 Å². The topological polar surface area (TPSA) is 69.7 Å². The van der Waals surface area contributed by atoms with Crippen molar-refractivity contribution in [2.24, 2.45) is 5.41 Å². The van der Waals surface area contributed by atoms with Gasteiger partial charge in [-0.15, -0.1) is 0 Å². The molecule has 0 aliphatic heterocycles. The first-order valence-corrected chi connectivity index (χ1v) is 5.47. The van der Waals surface area contributed by atoms with E-state index in [2.05, 4.69) is 16.1 Å². The standard InChI is InChI=1S/C13H18O5/c1-4-5-6-8-13(9-7-10-14,11(15)17-2)12(16)18-3/h4-6,10H,1,7-9H2,2-3H3/b6-5+. The first-order valence-electron chi connectivity index (χ1n) is 5.47. The van der Waals surface area contributed by atoms with Crippen molar-refractivity contribution in [3.05, 3.63) is 24.8 Å². The van der Waals surface area contributed by atoms with Gasteiger partial charge < -0.3 is 14.3 Å². The molecule has 0 rings (SSSR count). The molecule has 0 spiro atoms. The van der Waals surface area contributed by atoms with Crippen molar-refractivity contribution in [3.63, 3.8) is 0 Å². The molecular formula is C13H18O5. The average Bonchev–Trinajstić information content (AvgIpc) is 2.41. The summed E-state index contributed by atoms with van der Waals surface area (Å²) >= 11 is 0. The highest BCUT2D eigenvalue weighted by Crippen LogP contribution is 2.32. The second-order valence-electron chi connectivity index (χ2n) is 3.64. The molecule has 0 saturated carbocycles. The Labute approximate surface area is 106 Å². The van der Waals surface area contributed by atoms with Crippen molar-refractivity contribution in [1.29, 1.82) is 0 Å². The smallest absolute Gasteiger partial charge is 0.323 e. The van der Waals surface area contributed by atoms with E-state index in [1.54, 1.807) is 12.2 Å².